The molecule has 0 aromatic carbocycles. The number of aryl methyl sites for hydroxylation is 1. The monoisotopic (exact) mass is 228 g/mol. The molecule has 5 heteroatoms. The Labute approximate surface area is 93.4 Å². The van der Waals surface area contributed by atoms with Crippen LogP contribution >= 0.6 is 11.3 Å². The lowest BCUT2D eigenvalue weighted by Gasteiger charge is -2.26. The van der Waals surface area contributed by atoms with Crippen molar-refractivity contribution in [3.05, 3.63) is 16.1 Å². The van der Waals surface area contributed by atoms with Crippen LogP contribution in [0.4, 0.5) is 0 Å². The molecule has 0 fully saturated rings. The maximum atomic E-state index is 11.7. The van der Waals surface area contributed by atoms with Gasteiger partial charge in [-0.05, 0) is 20.3 Å². The van der Waals surface area contributed by atoms with E-state index in [1.807, 2.05) is 20.8 Å². The Hall–Kier alpha value is -0.940. The van der Waals surface area contributed by atoms with E-state index in [-0.39, 0.29) is 12.5 Å². The molecule has 1 aromatic heterocycles. The first kappa shape index (κ1) is 12.1. The molecule has 0 saturated heterocycles. The average Bonchev–Trinajstić information content (AvgIpc) is 2.65. The van der Waals surface area contributed by atoms with E-state index in [9.17, 15) is 4.79 Å². The molecule has 2 N–H and O–H groups in total. The molecule has 0 aliphatic heterocycles. The molecule has 4 nitrogen and oxygen atoms in total. The minimum Gasteiger partial charge on any atom is -0.394 e. The van der Waals surface area contributed by atoms with Gasteiger partial charge in [-0.3, -0.25) is 4.79 Å². The Balaban J connectivity index is 2.71. The zero-order valence-corrected chi connectivity index (χ0v) is 10.0. The first-order valence-corrected chi connectivity index (χ1v) is 5.74. The number of nitrogens with zero attached hydrogens (tertiary/aromatic N) is 1. The summed E-state index contributed by atoms with van der Waals surface area (Å²) in [4.78, 5) is 15.8. The van der Waals surface area contributed by atoms with Crippen LogP contribution in [0.3, 0.4) is 0 Å². The van der Waals surface area contributed by atoms with Crippen LogP contribution in [0.1, 0.15) is 35.8 Å². The van der Waals surface area contributed by atoms with Gasteiger partial charge in [0.2, 0.25) is 0 Å². The number of hydrogen-bond donors (Lipinski definition) is 2. The minimum atomic E-state index is -0.561. The predicted octanol–water partition coefficient (Wildman–Crippen LogP) is 1.34. The van der Waals surface area contributed by atoms with Crippen LogP contribution in [-0.2, 0) is 0 Å². The highest BCUT2D eigenvalue weighted by atomic mass is 32.1. The van der Waals surface area contributed by atoms with E-state index in [0.717, 1.165) is 5.01 Å². The van der Waals surface area contributed by atoms with Crippen molar-refractivity contribution in [3.63, 3.8) is 0 Å². The van der Waals surface area contributed by atoms with Gasteiger partial charge >= 0.3 is 0 Å². The maximum Gasteiger partial charge on any atom is 0.271 e. The fourth-order valence-corrected chi connectivity index (χ4v) is 1.64. The predicted molar refractivity (Wildman–Crippen MR) is 60.1 cm³/mol. The van der Waals surface area contributed by atoms with Crippen LogP contribution in [0.5, 0.6) is 0 Å². The fourth-order valence-electron chi connectivity index (χ4n) is 1.05. The lowest BCUT2D eigenvalue weighted by atomic mass is 10.0. The molecule has 1 amide bonds. The number of hydrogen-bond acceptors (Lipinski definition) is 4. The summed E-state index contributed by atoms with van der Waals surface area (Å²) < 4.78 is 0. The normalized spacial score (nSPS) is 14.7. The number of aliphatic hydroxyl groups excluding tert-OH is 1. The van der Waals surface area contributed by atoms with Crippen molar-refractivity contribution in [1.82, 2.24) is 10.3 Å². The van der Waals surface area contributed by atoms with Crippen LogP contribution < -0.4 is 5.32 Å². The molecule has 1 heterocycles. The maximum absolute atomic E-state index is 11.7. The molecule has 15 heavy (non-hydrogen) atoms. The molecule has 0 aliphatic carbocycles. The summed E-state index contributed by atoms with van der Waals surface area (Å²) in [6.45, 7) is 5.51. The van der Waals surface area contributed by atoms with Crippen molar-refractivity contribution < 1.29 is 9.90 Å². The van der Waals surface area contributed by atoms with E-state index in [2.05, 4.69) is 10.3 Å². The molecule has 1 aromatic rings. The van der Waals surface area contributed by atoms with Crippen molar-refractivity contribution >= 4 is 17.2 Å². The second-order valence-electron chi connectivity index (χ2n) is 3.78. The summed E-state index contributed by atoms with van der Waals surface area (Å²) in [5, 5.41) is 14.5. The van der Waals surface area contributed by atoms with Gasteiger partial charge in [0.1, 0.15) is 5.69 Å². The SMILES string of the molecule is CCC(C)(CO)NC(=O)c1csc(C)n1. The number of carbonyl (C=O) groups is 1. The number of carbonyl (C=O) groups excluding carboxylic acids is 1. The van der Waals surface area contributed by atoms with Gasteiger partial charge in [0, 0.05) is 5.38 Å². The molecular formula is C10H16N2O2S. The summed E-state index contributed by atoms with van der Waals surface area (Å²) in [6, 6.07) is 0. The standard InChI is InChI=1S/C10H16N2O2S/c1-4-10(3,6-13)12-9(14)8-5-15-7(2)11-8/h5,13H,4,6H2,1-3H3,(H,12,14). The highest BCUT2D eigenvalue weighted by molar-refractivity contribution is 7.09. The number of rotatable bonds is 4. The van der Waals surface area contributed by atoms with Crippen molar-refractivity contribution in [2.75, 3.05) is 6.61 Å². The van der Waals surface area contributed by atoms with Crippen molar-refractivity contribution in [2.45, 2.75) is 32.7 Å². The average molecular weight is 228 g/mol. The molecule has 0 spiro atoms. The van der Waals surface area contributed by atoms with E-state index in [4.69, 9.17) is 5.11 Å². The Morgan fingerprint density at radius 1 is 1.73 bits per heavy atom. The summed E-state index contributed by atoms with van der Waals surface area (Å²) in [7, 11) is 0. The van der Waals surface area contributed by atoms with E-state index in [0.29, 0.717) is 12.1 Å². The van der Waals surface area contributed by atoms with Crippen LogP contribution in [0.25, 0.3) is 0 Å². The Morgan fingerprint density at radius 2 is 2.40 bits per heavy atom. The topological polar surface area (TPSA) is 62.2 Å². The van der Waals surface area contributed by atoms with E-state index in [1.54, 1.807) is 5.38 Å². The number of aliphatic hydroxyl groups is 1. The lowest BCUT2D eigenvalue weighted by molar-refractivity contribution is 0.0843. The molecule has 0 bridgehead atoms. The summed E-state index contributed by atoms with van der Waals surface area (Å²) in [6.07, 6.45) is 0.679. The molecule has 0 radical (unpaired) electrons. The van der Waals surface area contributed by atoms with Crippen LogP contribution in [-0.4, -0.2) is 28.1 Å². The summed E-state index contributed by atoms with van der Waals surface area (Å²) >= 11 is 1.44. The molecule has 84 valence electrons. The lowest BCUT2D eigenvalue weighted by Crippen LogP contribution is -2.48. The third-order valence-electron chi connectivity index (χ3n) is 2.40. The van der Waals surface area contributed by atoms with Gasteiger partial charge in [-0.15, -0.1) is 11.3 Å². The van der Waals surface area contributed by atoms with Crippen LogP contribution in [0.2, 0.25) is 0 Å². The fraction of sp³-hybridized carbons (Fsp3) is 0.600. The first-order chi connectivity index (χ1) is 7.00. The van der Waals surface area contributed by atoms with Crippen molar-refractivity contribution in [2.24, 2.45) is 0 Å². The third-order valence-corrected chi connectivity index (χ3v) is 3.17. The van der Waals surface area contributed by atoms with E-state index >= 15 is 0 Å². The number of thiazole rings is 1. The molecule has 1 unspecified atom stereocenters. The molecular weight excluding hydrogens is 212 g/mol. The zero-order chi connectivity index (χ0) is 11.5. The van der Waals surface area contributed by atoms with Crippen LogP contribution in [0, 0.1) is 6.92 Å². The largest absolute Gasteiger partial charge is 0.394 e. The minimum absolute atomic E-state index is 0.0711. The highest BCUT2D eigenvalue weighted by Gasteiger charge is 2.24. The number of amides is 1. The smallest absolute Gasteiger partial charge is 0.271 e. The summed E-state index contributed by atoms with van der Waals surface area (Å²) in [5.74, 6) is -0.224. The van der Waals surface area contributed by atoms with Crippen molar-refractivity contribution in [3.8, 4) is 0 Å². The molecule has 1 rings (SSSR count). The Bertz CT molecular complexity index is 345. The van der Waals surface area contributed by atoms with Gasteiger partial charge in [0.05, 0.1) is 17.2 Å². The quantitative estimate of drug-likeness (QED) is 0.817. The van der Waals surface area contributed by atoms with Gasteiger partial charge in [-0.1, -0.05) is 6.92 Å². The zero-order valence-electron chi connectivity index (χ0n) is 9.20. The molecule has 0 aliphatic rings. The van der Waals surface area contributed by atoms with Gasteiger partial charge in [-0.25, -0.2) is 4.98 Å². The van der Waals surface area contributed by atoms with Gasteiger partial charge in [0.15, 0.2) is 0 Å². The van der Waals surface area contributed by atoms with Crippen LogP contribution in [0.15, 0.2) is 5.38 Å². The van der Waals surface area contributed by atoms with E-state index < -0.39 is 5.54 Å². The second kappa shape index (κ2) is 4.72. The van der Waals surface area contributed by atoms with Gasteiger partial charge in [-0.2, -0.15) is 0 Å². The van der Waals surface area contributed by atoms with Crippen molar-refractivity contribution in [1.29, 1.82) is 0 Å². The third kappa shape index (κ3) is 3.00. The number of aromatic nitrogens is 1. The van der Waals surface area contributed by atoms with Gasteiger partial charge in [0.25, 0.3) is 5.91 Å². The number of nitrogens with one attached hydrogen (secondary N) is 1. The second-order valence-corrected chi connectivity index (χ2v) is 4.84. The van der Waals surface area contributed by atoms with E-state index in [1.165, 1.54) is 11.3 Å². The van der Waals surface area contributed by atoms with Gasteiger partial charge < -0.3 is 10.4 Å². The Kier molecular flexibility index (Phi) is 3.82. The highest BCUT2D eigenvalue weighted by Crippen LogP contribution is 2.12. The Morgan fingerprint density at radius 3 is 2.80 bits per heavy atom. The molecule has 0 saturated carbocycles. The summed E-state index contributed by atoms with van der Waals surface area (Å²) in [5.41, 5.74) is -0.139. The first-order valence-electron chi connectivity index (χ1n) is 4.86. The molecule has 1 atom stereocenters.